The standard InChI is InChI=1S/C5H8ClNO/c1-3(7)5(6)4(2)8/h7H2,1-2H3/b5-3+. The fraction of sp³-hybridized carbons (Fsp3) is 0.400. The van der Waals surface area contributed by atoms with Crippen LogP contribution in [0.3, 0.4) is 0 Å². The molecule has 2 N–H and O–H groups in total. The zero-order valence-corrected chi connectivity index (χ0v) is 5.62. The lowest BCUT2D eigenvalue weighted by Crippen LogP contribution is -1.99. The van der Waals surface area contributed by atoms with Crippen molar-refractivity contribution in [3.63, 3.8) is 0 Å². The van der Waals surface area contributed by atoms with Crippen molar-refractivity contribution in [2.75, 3.05) is 0 Å². The fourth-order valence-corrected chi connectivity index (χ4v) is 0.278. The summed E-state index contributed by atoms with van der Waals surface area (Å²) >= 11 is 5.36. The molecule has 0 aromatic rings. The number of ketones is 1. The van der Waals surface area contributed by atoms with Crippen molar-refractivity contribution in [1.82, 2.24) is 0 Å². The summed E-state index contributed by atoms with van der Waals surface area (Å²) in [7, 11) is 0. The van der Waals surface area contributed by atoms with E-state index in [4.69, 9.17) is 17.3 Å². The van der Waals surface area contributed by atoms with Crippen LogP contribution in [0.25, 0.3) is 0 Å². The number of carbonyl (C=O) groups is 1. The minimum atomic E-state index is -0.188. The fourth-order valence-electron chi connectivity index (χ4n) is 0.278. The summed E-state index contributed by atoms with van der Waals surface area (Å²) < 4.78 is 0. The number of nitrogens with two attached hydrogens (primary N) is 1. The number of hydrogen-bond donors (Lipinski definition) is 1. The second kappa shape index (κ2) is 2.72. The van der Waals surface area contributed by atoms with Crippen molar-refractivity contribution in [1.29, 1.82) is 0 Å². The zero-order chi connectivity index (χ0) is 6.73. The number of carbonyl (C=O) groups excluding carboxylic acids is 1. The highest BCUT2D eigenvalue weighted by atomic mass is 35.5. The Morgan fingerprint density at radius 1 is 1.50 bits per heavy atom. The van der Waals surface area contributed by atoms with Gasteiger partial charge in [0, 0.05) is 12.6 Å². The number of Topliss-reactive ketones (excluding diaryl/α,β-unsaturated/α-hetero) is 1. The number of rotatable bonds is 1. The first kappa shape index (κ1) is 7.50. The molecule has 8 heavy (non-hydrogen) atoms. The SMILES string of the molecule is CC(=O)/C(Cl)=C(/C)N. The van der Waals surface area contributed by atoms with Crippen LogP contribution in [0.4, 0.5) is 0 Å². The van der Waals surface area contributed by atoms with Crippen LogP contribution in [-0.4, -0.2) is 5.78 Å². The minimum absolute atomic E-state index is 0.130. The molecule has 0 bridgehead atoms. The van der Waals surface area contributed by atoms with E-state index in [9.17, 15) is 4.79 Å². The van der Waals surface area contributed by atoms with Crippen LogP contribution in [0, 0.1) is 0 Å². The first-order valence-electron chi connectivity index (χ1n) is 2.18. The molecule has 0 radical (unpaired) electrons. The Balaban J connectivity index is 4.23. The van der Waals surface area contributed by atoms with Crippen molar-refractivity contribution < 1.29 is 4.79 Å². The van der Waals surface area contributed by atoms with Crippen molar-refractivity contribution in [2.45, 2.75) is 13.8 Å². The molecule has 0 saturated heterocycles. The summed E-state index contributed by atoms with van der Waals surface area (Å²) in [5, 5.41) is 0.130. The summed E-state index contributed by atoms with van der Waals surface area (Å²) in [6.07, 6.45) is 0. The van der Waals surface area contributed by atoms with Gasteiger partial charge in [-0.25, -0.2) is 0 Å². The quantitative estimate of drug-likeness (QED) is 0.543. The Bertz CT molecular complexity index is 135. The van der Waals surface area contributed by atoms with Crippen LogP contribution in [-0.2, 0) is 4.79 Å². The number of halogens is 1. The normalized spacial score (nSPS) is 12.9. The highest BCUT2D eigenvalue weighted by Crippen LogP contribution is 2.04. The lowest BCUT2D eigenvalue weighted by molar-refractivity contribution is -0.113. The molecular weight excluding hydrogens is 126 g/mol. The van der Waals surface area contributed by atoms with Crippen LogP contribution in [0.1, 0.15) is 13.8 Å². The summed E-state index contributed by atoms with van der Waals surface area (Å²) in [6, 6.07) is 0. The molecule has 0 rings (SSSR count). The monoisotopic (exact) mass is 133 g/mol. The first-order valence-corrected chi connectivity index (χ1v) is 2.56. The van der Waals surface area contributed by atoms with Gasteiger partial charge in [-0.1, -0.05) is 11.6 Å². The molecule has 3 heteroatoms. The lowest BCUT2D eigenvalue weighted by atomic mass is 10.3. The molecule has 0 amide bonds. The van der Waals surface area contributed by atoms with Crippen molar-refractivity contribution in [3.8, 4) is 0 Å². The van der Waals surface area contributed by atoms with Crippen molar-refractivity contribution in [2.24, 2.45) is 5.73 Å². The number of hydrogen-bond acceptors (Lipinski definition) is 2. The third-order valence-corrected chi connectivity index (χ3v) is 1.22. The Hall–Kier alpha value is -0.500. The van der Waals surface area contributed by atoms with E-state index in [2.05, 4.69) is 0 Å². The van der Waals surface area contributed by atoms with Crippen molar-refractivity contribution >= 4 is 17.4 Å². The molecule has 0 fully saturated rings. The van der Waals surface area contributed by atoms with Gasteiger partial charge in [0.15, 0.2) is 5.78 Å². The molecule has 0 heterocycles. The largest absolute Gasteiger partial charge is 0.401 e. The van der Waals surface area contributed by atoms with Crippen LogP contribution in [0.2, 0.25) is 0 Å². The van der Waals surface area contributed by atoms with Gasteiger partial charge in [-0.15, -0.1) is 0 Å². The van der Waals surface area contributed by atoms with Gasteiger partial charge in [-0.2, -0.15) is 0 Å². The average Bonchev–Trinajstić information content (AvgIpc) is 1.64. The molecule has 0 saturated carbocycles. The molecule has 0 aliphatic rings. The van der Waals surface area contributed by atoms with Gasteiger partial charge in [-0.05, 0) is 6.92 Å². The molecule has 0 atom stereocenters. The summed E-state index contributed by atoms with van der Waals surface area (Å²) in [4.78, 5) is 10.3. The van der Waals surface area contributed by atoms with Gasteiger partial charge in [0.05, 0.1) is 0 Å². The molecule has 0 aromatic carbocycles. The van der Waals surface area contributed by atoms with E-state index in [1.54, 1.807) is 6.92 Å². The molecular formula is C5H8ClNO. The third kappa shape index (κ3) is 1.98. The first-order chi connectivity index (χ1) is 3.55. The lowest BCUT2D eigenvalue weighted by Gasteiger charge is -1.91. The topological polar surface area (TPSA) is 43.1 Å². The maximum Gasteiger partial charge on any atom is 0.172 e. The van der Waals surface area contributed by atoms with E-state index in [0.29, 0.717) is 5.70 Å². The molecule has 0 aliphatic carbocycles. The van der Waals surface area contributed by atoms with E-state index in [1.807, 2.05) is 0 Å². The summed E-state index contributed by atoms with van der Waals surface area (Å²) in [5.74, 6) is -0.188. The van der Waals surface area contributed by atoms with E-state index in [0.717, 1.165) is 0 Å². The molecule has 2 nitrogen and oxygen atoms in total. The van der Waals surface area contributed by atoms with Crippen LogP contribution in [0.5, 0.6) is 0 Å². The third-order valence-electron chi connectivity index (χ3n) is 0.655. The van der Waals surface area contributed by atoms with Gasteiger partial charge in [0.2, 0.25) is 0 Å². The highest BCUT2D eigenvalue weighted by molar-refractivity contribution is 6.42. The highest BCUT2D eigenvalue weighted by Gasteiger charge is 1.99. The van der Waals surface area contributed by atoms with E-state index >= 15 is 0 Å². The van der Waals surface area contributed by atoms with Gasteiger partial charge in [0.25, 0.3) is 0 Å². The Labute approximate surface area is 53.3 Å². The molecule has 0 aliphatic heterocycles. The number of allylic oxidation sites excluding steroid dienone is 2. The van der Waals surface area contributed by atoms with Crippen LogP contribution >= 0.6 is 11.6 Å². The van der Waals surface area contributed by atoms with Crippen molar-refractivity contribution in [3.05, 3.63) is 10.7 Å². The Morgan fingerprint density at radius 2 is 1.88 bits per heavy atom. The Morgan fingerprint density at radius 3 is 1.88 bits per heavy atom. The van der Waals surface area contributed by atoms with Gasteiger partial charge >= 0.3 is 0 Å². The van der Waals surface area contributed by atoms with E-state index in [-0.39, 0.29) is 10.8 Å². The predicted octanol–water partition coefficient (Wildman–Crippen LogP) is 1.00. The molecule has 0 spiro atoms. The zero-order valence-electron chi connectivity index (χ0n) is 4.86. The van der Waals surface area contributed by atoms with Gasteiger partial charge < -0.3 is 5.73 Å². The van der Waals surface area contributed by atoms with E-state index in [1.165, 1.54) is 6.92 Å². The van der Waals surface area contributed by atoms with Gasteiger partial charge in [-0.3, -0.25) is 4.79 Å². The Kier molecular flexibility index (Phi) is 2.55. The predicted molar refractivity (Wildman–Crippen MR) is 33.4 cm³/mol. The second-order valence-electron chi connectivity index (χ2n) is 1.55. The van der Waals surface area contributed by atoms with Crippen LogP contribution < -0.4 is 5.73 Å². The average molecular weight is 134 g/mol. The smallest absolute Gasteiger partial charge is 0.172 e. The molecule has 0 aromatic heterocycles. The maximum absolute atomic E-state index is 10.3. The van der Waals surface area contributed by atoms with Crippen LogP contribution in [0.15, 0.2) is 10.7 Å². The minimum Gasteiger partial charge on any atom is -0.401 e. The maximum atomic E-state index is 10.3. The van der Waals surface area contributed by atoms with Gasteiger partial charge in [0.1, 0.15) is 5.03 Å². The van der Waals surface area contributed by atoms with E-state index < -0.39 is 0 Å². The molecule has 46 valence electrons. The second-order valence-corrected chi connectivity index (χ2v) is 1.93. The summed E-state index contributed by atoms with van der Waals surface area (Å²) in [5.41, 5.74) is 5.54. The summed E-state index contributed by atoms with van der Waals surface area (Å²) in [6.45, 7) is 2.96. The molecule has 0 unspecified atom stereocenters.